The molecular formula is C21H25N5O3S. The van der Waals surface area contributed by atoms with Gasteiger partial charge in [-0.3, -0.25) is 0 Å². The molecule has 0 atom stereocenters. The highest BCUT2D eigenvalue weighted by Crippen LogP contribution is 2.33. The van der Waals surface area contributed by atoms with Gasteiger partial charge in [0.05, 0.1) is 24.7 Å². The molecule has 0 saturated carbocycles. The zero-order chi connectivity index (χ0) is 22.1. The SMILES string of the molecule is COc1cccc(C)c1-n1nc(C(C)(C)C)cc1Nc1cnc(SC)nc1C(=O)O. The molecule has 2 N–H and O–H groups in total. The Bertz CT molecular complexity index is 1090. The molecule has 0 aliphatic carbocycles. The molecule has 158 valence electrons. The van der Waals surface area contributed by atoms with E-state index in [-0.39, 0.29) is 16.8 Å². The number of carbonyl (C=O) groups is 1. The fourth-order valence-corrected chi connectivity index (χ4v) is 3.27. The van der Waals surface area contributed by atoms with Crippen LogP contribution in [0.15, 0.2) is 35.6 Å². The summed E-state index contributed by atoms with van der Waals surface area (Å²) in [6, 6.07) is 7.65. The minimum absolute atomic E-state index is 0.101. The number of aromatic nitrogens is 4. The quantitative estimate of drug-likeness (QED) is 0.440. The van der Waals surface area contributed by atoms with Crippen LogP contribution < -0.4 is 10.1 Å². The number of carboxylic acids is 1. The fourth-order valence-electron chi connectivity index (χ4n) is 2.93. The molecule has 0 fully saturated rings. The average Bonchev–Trinajstić information content (AvgIpc) is 3.11. The Morgan fingerprint density at radius 2 is 2.03 bits per heavy atom. The van der Waals surface area contributed by atoms with Crippen molar-refractivity contribution in [2.75, 3.05) is 18.7 Å². The lowest BCUT2D eigenvalue weighted by atomic mass is 9.92. The van der Waals surface area contributed by atoms with Crippen molar-refractivity contribution in [2.45, 2.75) is 38.3 Å². The summed E-state index contributed by atoms with van der Waals surface area (Å²) in [4.78, 5) is 20.1. The molecule has 1 aromatic carbocycles. The van der Waals surface area contributed by atoms with Gasteiger partial charge in [0.25, 0.3) is 0 Å². The predicted molar refractivity (Wildman–Crippen MR) is 118 cm³/mol. The van der Waals surface area contributed by atoms with Crippen molar-refractivity contribution in [3.8, 4) is 11.4 Å². The van der Waals surface area contributed by atoms with E-state index in [0.717, 1.165) is 16.9 Å². The van der Waals surface area contributed by atoms with Gasteiger partial charge < -0.3 is 15.2 Å². The molecule has 2 aromatic heterocycles. The average molecular weight is 428 g/mol. The smallest absolute Gasteiger partial charge is 0.356 e. The Kier molecular flexibility index (Phi) is 6.02. The van der Waals surface area contributed by atoms with Gasteiger partial charge in [-0.25, -0.2) is 19.4 Å². The fraction of sp³-hybridized carbons (Fsp3) is 0.333. The van der Waals surface area contributed by atoms with Gasteiger partial charge in [-0.1, -0.05) is 44.7 Å². The highest BCUT2D eigenvalue weighted by atomic mass is 32.2. The molecule has 0 saturated heterocycles. The third kappa shape index (κ3) is 4.25. The Hall–Kier alpha value is -3.07. The van der Waals surface area contributed by atoms with Crippen LogP contribution in [0.2, 0.25) is 0 Å². The van der Waals surface area contributed by atoms with Crippen LogP contribution in [0.25, 0.3) is 5.69 Å². The predicted octanol–water partition coefficient (Wildman–Crippen LogP) is 4.44. The minimum Gasteiger partial charge on any atom is -0.494 e. The van der Waals surface area contributed by atoms with Crippen molar-refractivity contribution in [3.05, 3.63) is 47.4 Å². The van der Waals surface area contributed by atoms with Crippen molar-refractivity contribution in [1.82, 2.24) is 19.7 Å². The number of anilines is 2. The Morgan fingerprint density at radius 3 is 2.63 bits per heavy atom. The largest absolute Gasteiger partial charge is 0.494 e. The number of rotatable bonds is 6. The number of nitrogens with zero attached hydrogens (tertiary/aromatic N) is 4. The zero-order valence-corrected chi connectivity index (χ0v) is 18.7. The van der Waals surface area contributed by atoms with Crippen LogP contribution in [0.4, 0.5) is 11.5 Å². The van der Waals surface area contributed by atoms with E-state index in [1.807, 2.05) is 31.2 Å². The normalized spacial score (nSPS) is 11.4. The van der Waals surface area contributed by atoms with E-state index < -0.39 is 5.97 Å². The maximum Gasteiger partial charge on any atom is 0.356 e. The zero-order valence-electron chi connectivity index (χ0n) is 17.8. The molecule has 3 aromatic rings. The molecule has 0 aliphatic heterocycles. The number of nitrogens with one attached hydrogen (secondary N) is 1. The molecule has 0 bridgehead atoms. The highest BCUT2D eigenvalue weighted by molar-refractivity contribution is 7.98. The van der Waals surface area contributed by atoms with E-state index in [0.29, 0.717) is 16.7 Å². The first-order valence-corrected chi connectivity index (χ1v) is 10.5. The number of benzene rings is 1. The lowest BCUT2D eigenvalue weighted by Crippen LogP contribution is -2.13. The molecule has 30 heavy (non-hydrogen) atoms. The number of carboxylic acid groups (broad SMARTS) is 1. The molecule has 0 aliphatic rings. The maximum atomic E-state index is 11.8. The van der Waals surface area contributed by atoms with Gasteiger partial charge in [0.15, 0.2) is 10.9 Å². The topological polar surface area (TPSA) is 102 Å². The summed E-state index contributed by atoms with van der Waals surface area (Å²) in [5.74, 6) is 0.121. The van der Waals surface area contributed by atoms with Crippen LogP contribution >= 0.6 is 11.8 Å². The Morgan fingerprint density at radius 1 is 1.30 bits per heavy atom. The lowest BCUT2D eigenvalue weighted by Gasteiger charge is -2.16. The number of thioether (sulfide) groups is 1. The number of ether oxygens (including phenoxy) is 1. The molecule has 2 heterocycles. The first kappa shape index (κ1) is 21.6. The van der Waals surface area contributed by atoms with E-state index in [9.17, 15) is 9.90 Å². The summed E-state index contributed by atoms with van der Waals surface area (Å²) < 4.78 is 7.30. The van der Waals surface area contributed by atoms with Crippen molar-refractivity contribution in [3.63, 3.8) is 0 Å². The summed E-state index contributed by atoms with van der Waals surface area (Å²) >= 11 is 1.28. The number of methoxy groups -OCH3 is 1. The van der Waals surface area contributed by atoms with Gasteiger partial charge in [0, 0.05) is 11.5 Å². The molecule has 0 spiro atoms. The van der Waals surface area contributed by atoms with Crippen molar-refractivity contribution in [2.24, 2.45) is 0 Å². The van der Waals surface area contributed by atoms with Crippen LogP contribution in [0.1, 0.15) is 42.5 Å². The van der Waals surface area contributed by atoms with Gasteiger partial charge in [-0.2, -0.15) is 5.10 Å². The van der Waals surface area contributed by atoms with Gasteiger partial charge in [0.2, 0.25) is 0 Å². The third-order valence-electron chi connectivity index (χ3n) is 4.52. The third-order valence-corrected chi connectivity index (χ3v) is 5.09. The lowest BCUT2D eigenvalue weighted by molar-refractivity contribution is 0.0690. The summed E-state index contributed by atoms with van der Waals surface area (Å²) in [6.07, 6.45) is 3.27. The summed E-state index contributed by atoms with van der Waals surface area (Å²) in [6.45, 7) is 8.17. The van der Waals surface area contributed by atoms with Crippen molar-refractivity contribution < 1.29 is 14.6 Å². The van der Waals surface area contributed by atoms with Crippen LogP contribution in [-0.2, 0) is 5.41 Å². The second-order valence-corrected chi connectivity index (χ2v) is 8.52. The summed E-state index contributed by atoms with van der Waals surface area (Å²) in [7, 11) is 1.61. The molecule has 3 rings (SSSR count). The van der Waals surface area contributed by atoms with Gasteiger partial charge in [0.1, 0.15) is 17.3 Å². The Labute approximate surface area is 179 Å². The van der Waals surface area contributed by atoms with E-state index in [4.69, 9.17) is 9.84 Å². The van der Waals surface area contributed by atoms with Crippen molar-refractivity contribution in [1.29, 1.82) is 0 Å². The number of aryl methyl sites for hydroxylation is 1. The first-order chi connectivity index (χ1) is 14.2. The maximum absolute atomic E-state index is 11.8. The van der Waals surface area contributed by atoms with Crippen LogP contribution in [0.3, 0.4) is 0 Å². The van der Waals surface area contributed by atoms with E-state index in [2.05, 4.69) is 36.1 Å². The van der Waals surface area contributed by atoms with Crippen LogP contribution in [0.5, 0.6) is 5.75 Å². The van der Waals surface area contributed by atoms with Gasteiger partial charge in [-0.05, 0) is 24.8 Å². The molecule has 0 radical (unpaired) electrons. The second kappa shape index (κ2) is 8.35. The van der Waals surface area contributed by atoms with Gasteiger partial charge in [-0.15, -0.1) is 0 Å². The first-order valence-electron chi connectivity index (χ1n) is 9.31. The van der Waals surface area contributed by atoms with Crippen LogP contribution in [-0.4, -0.2) is 44.2 Å². The number of hydrogen-bond donors (Lipinski definition) is 2. The molecule has 9 heteroatoms. The number of para-hydroxylation sites is 1. The Balaban J connectivity index is 2.20. The monoisotopic (exact) mass is 427 g/mol. The summed E-state index contributed by atoms with van der Waals surface area (Å²) in [5.41, 5.74) is 2.55. The molecule has 0 amide bonds. The standard InChI is InChI=1S/C21H25N5O3S/c1-12-8-7-9-14(29-5)18(12)26-16(10-15(25-26)21(2,3)4)23-13-11-22-20(30-6)24-17(13)19(27)28/h7-11,23H,1-6H3,(H,27,28). The summed E-state index contributed by atoms with van der Waals surface area (Å²) in [5, 5.41) is 18.0. The molecule has 0 unspecified atom stereocenters. The van der Waals surface area contributed by atoms with Crippen LogP contribution in [0, 0.1) is 6.92 Å². The van der Waals surface area contributed by atoms with E-state index in [1.54, 1.807) is 18.0 Å². The number of hydrogen-bond acceptors (Lipinski definition) is 7. The second-order valence-electron chi connectivity index (χ2n) is 7.75. The molecular weight excluding hydrogens is 402 g/mol. The minimum atomic E-state index is -1.13. The highest BCUT2D eigenvalue weighted by Gasteiger charge is 2.24. The van der Waals surface area contributed by atoms with E-state index in [1.165, 1.54) is 18.0 Å². The van der Waals surface area contributed by atoms with E-state index >= 15 is 0 Å². The van der Waals surface area contributed by atoms with Gasteiger partial charge >= 0.3 is 5.97 Å². The molecule has 8 nitrogen and oxygen atoms in total. The number of aromatic carboxylic acids is 1. The van der Waals surface area contributed by atoms with Crippen molar-refractivity contribution >= 4 is 29.2 Å².